The second-order valence-electron chi connectivity index (χ2n) is 5.79. The number of hydrogen-bond acceptors (Lipinski definition) is 6. The van der Waals surface area contributed by atoms with Crippen molar-refractivity contribution in [3.63, 3.8) is 0 Å². The number of nitrogens with one attached hydrogen (secondary N) is 1. The first-order chi connectivity index (χ1) is 11.8. The first kappa shape index (κ1) is 19.9. The van der Waals surface area contributed by atoms with Crippen molar-refractivity contribution in [2.45, 2.75) is 23.9 Å². The monoisotopic (exact) mass is 384 g/mol. The Hall–Kier alpha value is -1.44. The highest BCUT2D eigenvalue weighted by molar-refractivity contribution is 7.99. The van der Waals surface area contributed by atoms with Gasteiger partial charge in [-0.25, -0.2) is 0 Å². The molecule has 0 radical (unpaired) electrons. The predicted octanol–water partition coefficient (Wildman–Crippen LogP) is 2.88. The van der Waals surface area contributed by atoms with Crippen molar-refractivity contribution < 1.29 is 9.47 Å². The average Bonchev–Trinajstić information content (AvgIpc) is 3.00. The molecule has 6 nitrogen and oxygen atoms in total. The van der Waals surface area contributed by atoms with Crippen molar-refractivity contribution in [1.82, 2.24) is 20.1 Å². The lowest BCUT2D eigenvalue weighted by molar-refractivity contribution is 0.313. The molecule has 2 aromatic rings. The molecule has 2 heterocycles. The third-order valence-electron chi connectivity index (χ3n) is 4.17. The number of halogens is 1. The van der Waals surface area contributed by atoms with Gasteiger partial charge in [0, 0.05) is 25.3 Å². The first-order valence-corrected chi connectivity index (χ1v) is 9.26. The quantitative estimate of drug-likeness (QED) is 0.585. The lowest BCUT2D eigenvalue weighted by Crippen LogP contribution is -2.29. The minimum absolute atomic E-state index is 0. The van der Waals surface area contributed by atoms with Crippen LogP contribution in [0.25, 0.3) is 0 Å². The smallest absolute Gasteiger partial charge is 0.191 e. The van der Waals surface area contributed by atoms with Crippen molar-refractivity contribution in [3.8, 4) is 11.5 Å². The summed E-state index contributed by atoms with van der Waals surface area (Å²) in [5.74, 6) is 3.89. The largest absolute Gasteiger partial charge is 0.493 e. The van der Waals surface area contributed by atoms with E-state index in [9.17, 15) is 0 Å². The lowest BCUT2D eigenvalue weighted by Gasteiger charge is -2.21. The molecule has 0 amide bonds. The number of aromatic nitrogens is 3. The molecule has 0 aliphatic carbocycles. The fourth-order valence-corrected chi connectivity index (χ4v) is 3.64. The molecule has 1 aliphatic heterocycles. The normalized spacial score (nSPS) is 17.0. The fourth-order valence-electron chi connectivity index (χ4n) is 2.90. The van der Waals surface area contributed by atoms with Crippen LogP contribution in [0.3, 0.4) is 0 Å². The molecule has 25 heavy (non-hydrogen) atoms. The van der Waals surface area contributed by atoms with Gasteiger partial charge in [-0.1, -0.05) is 23.9 Å². The second kappa shape index (κ2) is 9.89. The Morgan fingerprint density at radius 3 is 2.80 bits per heavy atom. The number of hydrogen-bond donors (Lipinski definition) is 1. The lowest BCUT2D eigenvalue weighted by atomic mass is 9.99. The molecule has 1 fully saturated rings. The zero-order valence-electron chi connectivity index (χ0n) is 14.6. The SMILES string of the molecule is COc1ccccc1OCCSc1nnc(C2CCCNC2)n1C.Cl. The summed E-state index contributed by atoms with van der Waals surface area (Å²) in [7, 11) is 3.70. The second-order valence-corrected chi connectivity index (χ2v) is 6.85. The molecule has 138 valence electrons. The predicted molar refractivity (Wildman–Crippen MR) is 102 cm³/mol. The first-order valence-electron chi connectivity index (χ1n) is 8.28. The summed E-state index contributed by atoms with van der Waals surface area (Å²) in [6, 6.07) is 7.69. The van der Waals surface area contributed by atoms with Gasteiger partial charge in [-0.05, 0) is 31.5 Å². The summed E-state index contributed by atoms with van der Waals surface area (Å²) >= 11 is 1.67. The van der Waals surface area contributed by atoms with Gasteiger partial charge in [0.15, 0.2) is 16.7 Å². The molecule has 1 aromatic heterocycles. The molecule has 1 N–H and O–H groups in total. The molecule has 1 unspecified atom stereocenters. The van der Waals surface area contributed by atoms with Crippen molar-refractivity contribution in [1.29, 1.82) is 0 Å². The third kappa shape index (κ3) is 5.03. The van der Waals surface area contributed by atoms with Gasteiger partial charge < -0.3 is 19.4 Å². The van der Waals surface area contributed by atoms with E-state index in [-0.39, 0.29) is 12.4 Å². The van der Waals surface area contributed by atoms with Gasteiger partial charge in [-0.15, -0.1) is 22.6 Å². The molecule has 1 saturated heterocycles. The molecule has 8 heteroatoms. The number of benzene rings is 1. The Morgan fingerprint density at radius 2 is 2.08 bits per heavy atom. The number of methoxy groups -OCH3 is 1. The Bertz CT molecular complexity index is 662. The Balaban J connectivity index is 0.00000225. The van der Waals surface area contributed by atoms with Crippen LogP contribution in [0.15, 0.2) is 29.4 Å². The molecular formula is C17H25ClN4O2S. The van der Waals surface area contributed by atoms with Crippen LogP contribution in [-0.4, -0.2) is 47.3 Å². The van der Waals surface area contributed by atoms with E-state index < -0.39 is 0 Å². The highest BCUT2D eigenvalue weighted by atomic mass is 35.5. The summed E-state index contributed by atoms with van der Waals surface area (Å²) in [4.78, 5) is 0. The standard InChI is InChI=1S/C17H24N4O2S.ClH/c1-21-16(13-6-5-9-18-12-13)19-20-17(21)24-11-10-23-15-8-4-3-7-14(15)22-2;/h3-4,7-8,13,18H,5-6,9-12H2,1-2H3;1H. The maximum absolute atomic E-state index is 5.80. The highest BCUT2D eigenvalue weighted by Gasteiger charge is 2.21. The zero-order valence-corrected chi connectivity index (χ0v) is 16.2. The van der Waals surface area contributed by atoms with Crippen molar-refractivity contribution in [2.75, 3.05) is 32.6 Å². The van der Waals surface area contributed by atoms with Crippen LogP contribution in [0, 0.1) is 0 Å². The minimum atomic E-state index is 0. The topological polar surface area (TPSA) is 61.2 Å². The van der Waals surface area contributed by atoms with Crippen LogP contribution in [0.1, 0.15) is 24.6 Å². The van der Waals surface area contributed by atoms with Crippen LogP contribution in [0.5, 0.6) is 11.5 Å². The van der Waals surface area contributed by atoms with Gasteiger partial charge in [-0.3, -0.25) is 0 Å². The summed E-state index contributed by atoms with van der Waals surface area (Å²) < 4.78 is 13.2. The van der Waals surface area contributed by atoms with Crippen molar-refractivity contribution >= 4 is 24.2 Å². The third-order valence-corrected chi connectivity index (χ3v) is 5.16. The van der Waals surface area contributed by atoms with E-state index in [1.165, 1.54) is 12.8 Å². The van der Waals surface area contributed by atoms with E-state index >= 15 is 0 Å². The van der Waals surface area contributed by atoms with Crippen molar-refractivity contribution in [3.05, 3.63) is 30.1 Å². The number of rotatable bonds is 7. The molecule has 1 aromatic carbocycles. The van der Waals surface area contributed by atoms with E-state index in [4.69, 9.17) is 9.47 Å². The van der Waals surface area contributed by atoms with E-state index in [0.29, 0.717) is 12.5 Å². The van der Waals surface area contributed by atoms with Crippen LogP contribution >= 0.6 is 24.2 Å². The van der Waals surface area contributed by atoms with Gasteiger partial charge in [0.2, 0.25) is 0 Å². The van der Waals surface area contributed by atoms with Crippen LogP contribution in [0.2, 0.25) is 0 Å². The van der Waals surface area contributed by atoms with Gasteiger partial charge in [0.25, 0.3) is 0 Å². The van der Waals surface area contributed by atoms with Gasteiger partial charge in [0.05, 0.1) is 13.7 Å². The average molecular weight is 385 g/mol. The molecule has 1 atom stereocenters. The van der Waals surface area contributed by atoms with Crippen molar-refractivity contribution in [2.24, 2.45) is 7.05 Å². The zero-order chi connectivity index (χ0) is 16.8. The minimum Gasteiger partial charge on any atom is -0.493 e. The maximum Gasteiger partial charge on any atom is 0.191 e. The molecule has 0 bridgehead atoms. The summed E-state index contributed by atoms with van der Waals surface area (Å²) in [6.07, 6.45) is 2.38. The fraction of sp³-hybridized carbons (Fsp3) is 0.529. The van der Waals surface area contributed by atoms with E-state index in [1.54, 1.807) is 18.9 Å². The van der Waals surface area contributed by atoms with Gasteiger partial charge in [-0.2, -0.15) is 0 Å². The van der Waals surface area contributed by atoms with Crippen LogP contribution in [-0.2, 0) is 7.05 Å². The number of nitrogens with zero attached hydrogens (tertiary/aromatic N) is 3. The summed E-state index contributed by atoms with van der Waals surface area (Å²) in [5.41, 5.74) is 0. The highest BCUT2D eigenvalue weighted by Crippen LogP contribution is 2.27. The number of ether oxygens (including phenoxy) is 2. The van der Waals surface area contributed by atoms with Gasteiger partial charge in [0.1, 0.15) is 5.82 Å². The maximum atomic E-state index is 5.80. The molecule has 3 rings (SSSR count). The summed E-state index contributed by atoms with van der Waals surface area (Å²) in [6.45, 7) is 2.70. The van der Waals surface area contributed by atoms with E-state index in [0.717, 1.165) is 41.3 Å². The van der Waals surface area contributed by atoms with E-state index in [1.807, 2.05) is 31.3 Å². The van der Waals surface area contributed by atoms with Crippen LogP contribution < -0.4 is 14.8 Å². The molecular weight excluding hydrogens is 360 g/mol. The number of thioether (sulfide) groups is 1. The Kier molecular flexibility index (Phi) is 7.87. The number of para-hydroxylation sites is 2. The molecule has 0 saturated carbocycles. The Morgan fingerprint density at radius 1 is 1.28 bits per heavy atom. The molecule has 1 aliphatic rings. The molecule has 0 spiro atoms. The Labute approximate surface area is 159 Å². The van der Waals surface area contributed by atoms with E-state index in [2.05, 4.69) is 20.1 Å². The summed E-state index contributed by atoms with van der Waals surface area (Å²) in [5, 5.41) is 13.1. The number of piperidine rings is 1. The van der Waals surface area contributed by atoms with Gasteiger partial charge >= 0.3 is 0 Å². The van der Waals surface area contributed by atoms with Crippen LogP contribution in [0.4, 0.5) is 0 Å².